The quantitative estimate of drug-likeness (QED) is 0.823. The molecule has 1 aliphatic heterocycles. The number of rotatable bonds is 4. The molecule has 2 aliphatic rings. The second-order valence-electron chi connectivity index (χ2n) is 6.78. The fraction of sp³-hybridized carbons (Fsp3) is 0.938. The topological polar surface area (TPSA) is 58.4 Å². The van der Waals surface area contributed by atoms with E-state index < -0.39 is 0 Å². The molecule has 20 heavy (non-hydrogen) atoms. The Morgan fingerprint density at radius 2 is 1.95 bits per heavy atom. The molecule has 116 valence electrons. The van der Waals surface area contributed by atoms with Crippen molar-refractivity contribution in [3.63, 3.8) is 0 Å². The second-order valence-corrected chi connectivity index (χ2v) is 6.78. The molecule has 2 rings (SSSR count). The molecule has 1 saturated heterocycles. The minimum atomic E-state index is 0.134. The molecule has 1 heterocycles. The number of carbonyl (C=O) groups excluding carboxylic acids is 1. The summed E-state index contributed by atoms with van der Waals surface area (Å²) in [6, 6.07) is 0.217. The van der Waals surface area contributed by atoms with Gasteiger partial charge in [0, 0.05) is 18.5 Å². The maximum absolute atomic E-state index is 12.3. The first-order valence-corrected chi connectivity index (χ1v) is 8.35. The molecule has 0 bridgehead atoms. The first-order chi connectivity index (χ1) is 9.60. The maximum Gasteiger partial charge on any atom is 0.223 e. The van der Waals surface area contributed by atoms with Crippen molar-refractivity contribution in [3.8, 4) is 0 Å². The molecule has 3 N–H and O–H groups in total. The van der Waals surface area contributed by atoms with Gasteiger partial charge in [-0.3, -0.25) is 4.79 Å². The largest absolute Gasteiger partial charge is 0.356 e. The third-order valence-corrected chi connectivity index (χ3v) is 5.29. The Bertz CT molecular complexity index is 313. The number of nitrogens with zero attached hydrogens (tertiary/aromatic N) is 1. The summed E-state index contributed by atoms with van der Waals surface area (Å²) in [6.07, 6.45) is 5.46. The zero-order valence-corrected chi connectivity index (χ0v) is 13.1. The Hall–Kier alpha value is -0.610. The normalized spacial score (nSPS) is 33.0. The maximum atomic E-state index is 12.3. The van der Waals surface area contributed by atoms with Gasteiger partial charge in [-0.05, 0) is 63.6 Å². The van der Waals surface area contributed by atoms with E-state index in [0.717, 1.165) is 32.4 Å². The van der Waals surface area contributed by atoms with Gasteiger partial charge in [0.1, 0.15) is 0 Å². The highest BCUT2D eigenvalue weighted by atomic mass is 16.1. The van der Waals surface area contributed by atoms with Crippen LogP contribution in [0, 0.1) is 17.8 Å². The van der Waals surface area contributed by atoms with Gasteiger partial charge in [0.2, 0.25) is 5.91 Å². The summed E-state index contributed by atoms with van der Waals surface area (Å²) >= 11 is 0. The Kier molecular flexibility index (Phi) is 5.85. The predicted molar refractivity (Wildman–Crippen MR) is 82.3 cm³/mol. The minimum Gasteiger partial charge on any atom is -0.356 e. The highest BCUT2D eigenvalue weighted by Crippen LogP contribution is 2.29. The number of carbonyl (C=O) groups is 1. The van der Waals surface area contributed by atoms with E-state index in [1.165, 1.54) is 25.9 Å². The first-order valence-electron chi connectivity index (χ1n) is 8.35. The third kappa shape index (κ3) is 4.19. The van der Waals surface area contributed by atoms with Gasteiger partial charge in [-0.25, -0.2) is 0 Å². The summed E-state index contributed by atoms with van der Waals surface area (Å²) in [6.45, 7) is 8.78. The standard InChI is InChI=1S/C16H31N3O/c1-3-19-8-6-13(7-9-19)11-18-16(20)15-10-14(17)5-4-12(15)2/h12-15H,3-11,17H2,1-2H3,(H,18,20). The summed E-state index contributed by atoms with van der Waals surface area (Å²) in [5.74, 6) is 1.52. The van der Waals surface area contributed by atoms with Crippen LogP contribution in [0.5, 0.6) is 0 Å². The van der Waals surface area contributed by atoms with Crippen LogP contribution in [0.1, 0.15) is 46.0 Å². The van der Waals surface area contributed by atoms with E-state index in [9.17, 15) is 4.79 Å². The fourth-order valence-corrected chi connectivity index (χ4v) is 3.60. The van der Waals surface area contributed by atoms with Crippen molar-refractivity contribution in [1.29, 1.82) is 0 Å². The Morgan fingerprint density at radius 3 is 2.60 bits per heavy atom. The van der Waals surface area contributed by atoms with Gasteiger partial charge in [-0.2, -0.15) is 0 Å². The average Bonchev–Trinajstić information content (AvgIpc) is 2.47. The molecule has 3 atom stereocenters. The Labute approximate surface area is 123 Å². The second kappa shape index (κ2) is 7.41. The van der Waals surface area contributed by atoms with Crippen molar-refractivity contribution >= 4 is 5.91 Å². The van der Waals surface area contributed by atoms with Crippen LogP contribution in [0.15, 0.2) is 0 Å². The van der Waals surface area contributed by atoms with E-state index in [2.05, 4.69) is 24.1 Å². The molecule has 1 aliphatic carbocycles. The van der Waals surface area contributed by atoms with E-state index in [-0.39, 0.29) is 17.9 Å². The lowest BCUT2D eigenvalue weighted by Crippen LogP contribution is -2.44. The van der Waals surface area contributed by atoms with E-state index in [4.69, 9.17) is 5.73 Å². The van der Waals surface area contributed by atoms with Crippen molar-refractivity contribution < 1.29 is 4.79 Å². The van der Waals surface area contributed by atoms with Crippen molar-refractivity contribution in [1.82, 2.24) is 10.2 Å². The van der Waals surface area contributed by atoms with Crippen molar-refractivity contribution in [2.75, 3.05) is 26.2 Å². The van der Waals surface area contributed by atoms with E-state index in [0.29, 0.717) is 11.8 Å². The van der Waals surface area contributed by atoms with Crippen LogP contribution in [0.4, 0.5) is 0 Å². The summed E-state index contributed by atoms with van der Waals surface area (Å²) in [5.41, 5.74) is 6.01. The molecular weight excluding hydrogens is 250 g/mol. The molecule has 4 heteroatoms. The lowest BCUT2D eigenvalue weighted by molar-refractivity contribution is -0.128. The summed E-state index contributed by atoms with van der Waals surface area (Å²) in [5, 5.41) is 3.19. The third-order valence-electron chi connectivity index (χ3n) is 5.29. The van der Waals surface area contributed by atoms with Gasteiger partial charge in [0.05, 0.1) is 0 Å². The summed E-state index contributed by atoms with van der Waals surface area (Å²) in [7, 11) is 0. The van der Waals surface area contributed by atoms with Gasteiger partial charge in [0.25, 0.3) is 0 Å². The average molecular weight is 281 g/mol. The summed E-state index contributed by atoms with van der Waals surface area (Å²) in [4.78, 5) is 14.8. The van der Waals surface area contributed by atoms with Crippen molar-refractivity contribution in [2.45, 2.75) is 52.0 Å². The Morgan fingerprint density at radius 1 is 1.25 bits per heavy atom. The van der Waals surface area contributed by atoms with Crippen molar-refractivity contribution in [3.05, 3.63) is 0 Å². The number of piperidine rings is 1. The minimum absolute atomic E-state index is 0.134. The highest BCUT2D eigenvalue weighted by molar-refractivity contribution is 5.79. The smallest absolute Gasteiger partial charge is 0.223 e. The van der Waals surface area contributed by atoms with Crippen LogP contribution in [-0.2, 0) is 4.79 Å². The molecule has 0 aromatic heterocycles. The van der Waals surface area contributed by atoms with Crippen molar-refractivity contribution in [2.24, 2.45) is 23.5 Å². The van der Waals surface area contributed by atoms with Crippen LogP contribution in [-0.4, -0.2) is 43.0 Å². The molecule has 0 aromatic rings. The number of hydrogen-bond donors (Lipinski definition) is 2. The van der Waals surface area contributed by atoms with Crippen LogP contribution in [0.2, 0.25) is 0 Å². The molecule has 4 nitrogen and oxygen atoms in total. The molecule has 0 aromatic carbocycles. The molecule has 1 amide bonds. The number of likely N-dealkylation sites (tertiary alicyclic amines) is 1. The number of hydrogen-bond acceptors (Lipinski definition) is 3. The SMILES string of the molecule is CCN1CCC(CNC(=O)C2CC(N)CCC2C)CC1. The van der Waals surface area contributed by atoms with Gasteiger partial charge in [0.15, 0.2) is 0 Å². The first kappa shape index (κ1) is 15.8. The van der Waals surface area contributed by atoms with Gasteiger partial charge in [-0.1, -0.05) is 13.8 Å². The van der Waals surface area contributed by atoms with E-state index in [1.807, 2.05) is 0 Å². The molecule has 3 unspecified atom stereocenters. The van der Waals surface area contributed by atoms with E-state index in [1.54, 1.807) is 0 Å². The van der Waals surface area contributed by atoms with Crippen LogP contribution in [0.3, 0.4) is 0 Å². The molecule has 1 saturated carbocycles. The fourth-order valence-electron chi connectivity index (χ4n) is 3.60. The van der Waals surface area contributed by atoms with Crippen LogP contribution >= 0.6 is 0 Å². The monoisotopic (exact) mass is 281 g/mol. The zero-order chi connectivity index (χ0) is 14.5. The molecular formula is C16H31N3O. The number of nitrogens with one attached hydrogen (secondary N) is 1. The zero-order valence-electron chi connectivity index (χ0n) is 13.1. The number of nitrogens with two attached hydrogens (primary N) is 1. The van der Waals surface area contributed by atoms with E-state index >= 15 is 0 Å². The molecule has 0 radical (unpaired) electrons. The van der Waals surface area contributed by atoms with Crippen LogP contribution in [0.25, 0.3) is 0 Å². The number of amides is 1. The molecule has 0 spiro atoms. The van der Waals surface area contributed by atoms with Gasteiger partial charge >= 0.3 is 0 Å². The van der Waals surface area contributed by atoms with Gasteiger partial charge < -0.3 is 16.0 Å². The highest BCUT2D eigenvalue weighted by Gasteiger charge is 2.31. The summed E-state index contributed by atoms with van der Waals surface area (Å²) < 4.78 is 0. The molecule has 2 fully saturated rings. The predicted octanol–water partition coefficient (Wildman–Crippen LogP) is 1.60. The lowest BCUT2D eigenvalue weighted by atomic mass is 9.77. The van der Waals surface area contributed by atoms with Crippen LogP contribution < -0.4 is 11.1 Å². The lowest BCUT2D eigenvalue weighted by Gasteiger charge is -2.33. The Balaban J connectivity index is 1.72. The van der Waals surface area contributed by atoms with Gasteiger partial charge in [-0.15, -0.1) is 0 Å².